The Bertz CT molecular complexity index is 555. The lowest BCUT2D eigenvalue weighted by Gasteiger charge is -2.06. The van der Waals surface area contributed by atoms with Crippen LogP contribution >= 0.6 is 0 Å². The van der Waals surface area contributed by atoms with E-state index in [4.69, 9.17) is 0 Å². The van der Waals surface area contributed by atoms with Crippen molar-refractivity contribution in [3.63, 3.8) is 0 Å². The van der Waals surface area contributed by atoms with Crippen molar-refractivity contribution in [1.29, 1.82) is 0 Å². The van der Waals surface area contributed by atoms with Crippen molar-refractivity contribution in [2.75, 3.05) is 13.7 Å². The highest BCUT2D eigenvalue weighted by Gasteiger charge is 1.99. The molecule has 1 aromatic carbocycles. The largest absolute Gasteiger partial charge is 0.469 e. The number of nitrogens with zero attached hydrogens (tertiary/aromatic N) is 1. The number of benzene rings is 1. The zero-order valence-corrected chi connectivity index (χ0v) is 11.1. The van der Waals surface area contributed by atoms with Crippen LogP contribution in [0.2, 0.25) is 0 Å². The Morgan fingerprint density at radius 2 is 2.21 bits per heavy atom. The zero-order chi connectivity index (χ0) is 13.5. The summed E-state index contributed by atoms with van der Waals surface area (Å²) in [6.45, 7) is 1.61. The van der Waals surface area contributed by atoms with Gasteiger partial charge >= 0.3 is 5.97 Å². The second kappa shape index (κ2) is 6.85. The van der Waals surface area contributed by atoms with Crippen LogP contribution in [-0.2, 0) is 16.1 Å². The van der Waals surface area contributed by atoms with Crippen molar-refractivity contribution in [1.82, 2.24) is 10.3 Å². The van der Waals surface area contributed by atoms with Crippen molar-refractivity contribution >= 4 is 16.7 Å². The van der Waals surface area contributed by atoms with Gasteiger partial charge < -0.3 is 10.1 Å². The number of nitrogens with one attached hydrogen (secondary N) is 1. The molecule has 1 N–H and O–H groups in total. The summed E-state index contributed by atoms with van der Waals surface area (Å²) in [5.74, 6) is -0.153. The van der Waals surface area contributed by atoms with E-state index in [2.05, 4.69) is 33.2 Å². The molecule has 4 heteroatoms. The normalized spacial score (nSPS) is 10.6. The minimum Gasteiger partial charge on any atom is -0.469 e. The Balaban J connectivity index is 1.80. The third kappa shape index (κ3) is 4.03. The van der Waals surface area contributed by atoms with E-state index in [1.807, 2.05) is 12.3 Å². The first-order valence-electron chi connectivity index (χ1n) is 6.40. The van der Waals surface area contributed by atoms with Crippen molar-refractivity contribution in [3.8, 4) is 0 Å². The molecule has 2 rings (SSSR count). The Labute approximate surface area is 112 Å². The van der Waals surface area contributed by atoms with Crippen LogP contribution in [0.1, 0.15) is 18.4 Å². The lowest BCUT2D eigenvalue weighted by Crippen LogP contribution is -2.16. The Kier molecular flexibility index (Phi) is 4.86. The summed E-state index contributed by atoms with van der Waals surface area (Å²) < 4.78 is 4.59. The quantitative estimate of drug-likeness (QED) is 0.638. The minimum atomic E-state index is -0.153. The van der Waals surface area contributed by atoms with Gasteiger partial charge in [-0.15, -0.1) is 0 Å². The average Bonchev–Trinajstić information content (AvgIpc) is 2.46. The van der Waals surface area contributed by atoms with Gasteiger partial charge in [0.15, 0.2) is 0 Å². The molecular formula is C15H18N2O2. The summed E-state index contributed by atoms with van der Waals surface area (Å²) in [4.78, 5) is 15.0. The lowest BCUT2D eigenvalue weighted by atomic mass is 10.1. The molecule has 1 aromatic heterocycles. The summed E-state index contributed by atoms with van der Waals surface area (Å²) in [6.07, 6.45) is 4.93. The predicted molar refractivity (Wildman–Crippen MR) is 74.7 cm³/mol. The molecule has 0 radical (unpaired) electrons. The van der Waals surface area contributed by atoms with Crippen molar-refractivity contribution in [2.24, 2.45) is 0 Å². The number of methoxy groups -OCH3 is 1. The number of pyridine rings is 1. The first-order valence-corrected chi connectivity index (χ1v) is 6.40. The van der Waals surface area contributed by atoms with Crippen LogP contribution in [0, 0.1) is 0 Å². The molecule has 0 aliphatic heterocycles. The summed E-state index contributed by atoms with van der Waals surface area (Å²) in [7, 11) is 1.42. The van der Waals surface area contributed by atoms with Gasteiger partial charge in [0.1, 0.15) is 0 Å². The second-order valence-electron chi connectivity index (χ2n) is 4.41. The number of esters is 1. The number of aromatic nitrogens is 1. The van der Waals surface area contributed by atoms with E-state index in [9.17, 15) is 4.79 Å². The van der Waals surface area contributed by atoms with E-state index in [0.717, 1.165) is 24.9 Å². The van der Waals surface area contributed by atoms with Gasteiger partial charge in [-0.25, -0.2) is 0 Å². The monoisotopic (exact) mass is 258 g/mol. The molecule has 0 bridgehead atoms. The van der Waals surface area contributed by atoms with Crippen LogP contribution in [-0.4, -0.2) is 24.6 Å². The second-order valence-corrected chi connectivity index (χ2v) is 4.41. The average molecular weight is 258 g/mol. The fourth-order valence-corrected chi connectivity index (χ4v) is 1.94. The van der Waals surface area contributed by atoms with E-state index < -0.39 is 0 Å². The van der Waals surface area contributed by atoms with Gasteiger partial charge in [-0.2, -0.15) is 0 Å². The van der Waals surface area contributed by atoms with Crippen LogP contribution in [0.4, 0.5) is 0 Å². The Morgan fingerprint density at radius 3 is 3.05 bits per heavy atom. The Morgan fingerprint density at radius 1 is 1.32 bits per heavy atom. The highest BCUT2D eigenvalue weighted by atomic mass is 16.5. The molecule has 1 heterocycles. The SMILES string of the molecule is COC(=O)CCCNCc1ccc2cnccc2c1. The number of hydrogen-bond donors (Lipinski definition) is 1. The van der Waals surface area contributed by atoms with Crippen LogP contribution in [0.5, 0.6) is 0 Å². The molecule has 2 aromatic rings. The minimum absolute atomic E-state index is 0.153. The molecular weight excluding hydrogens is 240 g/mol. The molecule has 0 atom stereocenters. The summed E-state index contributed by atoms with van der Waals surface area (Å²) in [5, 5.41) is 5.67. The number of fused-ring (bicyclic) bond motifs is 1. The van der Waals surface area contributed by atoms with Gasteiger partial charge in [-0.05, 0) is 36.0 Å². The van der Waals surface area contributed by atoms with E-state index >= 15 is 0 Å². The highest BCUT2D eigenvalue weighted by Crippen LogP contribution is 2.14. The standard InChI is InChI=1S/C15H18N2O2/c1-19-15(18)3-2-7-16-10-12-4-5-14-11-17-8-6-13(14)9-12/h4-6,8-9,11,16H,2-3,7,10H2,1H3. The molecule has 0 unspecified atom stereocenters. The van der Waals surface area contributed by atoms with Crippen molar-refractivity contribution in [3.05, 3.63) is 42.2 Å². The number of rotatable bonds is 6. The van der Waals surface area contributed by atoms with E-state index in [1.54, 1.807) is 6.20 Å². The summed E-state index contributed by atoms with van der Waals surface area (Å²) in [6, 6.07) is 8.34. The maximum absolute atomic E-state index is 10.9. The lowest BCUT2D eigenvalue weighted by molar-refractivity contribution is -0.140. The maximum atomic E-state index is 10.9. The fraction of sp³-hybridized carbons (Fsp3) is 0.333. The van der Waals surface area contributed by atoms with Gasteiger partial charge in [-0.3, -0.25) is 9.78 Å². The fourth-order valence-electron chi connectivity index (χ4n) is 1.94. The molecule has 0 fully saturated rings. The summed E-state index contributed by atoms with van der Waals surface area (Å²) in [5.41, 5.74) is 1.23. The van der Waals surface area contributed by atoms with Crippen LogP contribution in [0.15, 0.2) is 36.7 Å². The molecule has 0 saturated heterocycles. The first kappa shape index (κ1) is 13.5. The van der Waals surface area contributed by atoms with E-state index in [1.165, 1.54) is 18.1 Å². The highest BCUT2D eigenvalue weighted by molar-refractivity contribution is 5.81. The van der Waals surface area contributed by atoms with E-state index in [-0.39, 0.29) is 5.97 Å². The Hall–Kier alpha value is -1.94. The molecule has 0 saturated carbocycles. The first-order chi connectivity index (χ1) is 9.29. The van der Waals surface area contributed by atoms with Crippen molar-refractivity contribution in [2.45, 2.75) is 19.4 Å². The van der Waals surface area contributed by atoms with Crippen LogP contribution < -0.4 is 5.32 Å². The number of carbonyl (C=O) groups is 1. The zero-order valence-electron chi connectivity index (χ0n) is 11.1. The van der Waals surface area contributed by atoms with Gasteiger partial charge in [0.05, 0.1) is 7.11 Å². The third-order valence-electron chi connectivity index (χ3n) is 3.00. The van der Waals surface area contributed by atoms with E-state index in [0.29, 0.717) is 6.42 Å². The molecule has 4 nitrogen and oxygen atoms in total. The molecule has 100 valence electrons. The van der Waals surface area contributed by atoms with Crippen molar-refractivity contribution < 1.29 is 9.53 Å². The van der Waals surface area contributed by atoms with Gasteiger partial charge in [-0.1, -0.05) is 12.1 Å². The molecule has 0 aliphatic carbocycles. The van der Waals surface area contributed by atoms with Gasteiger partial charge in [0.2, 0.25) is 0 Å². The maximum Gasteiger partial charge on any atom is 0.305 e. The topological polar surface area (TPSA) is 51.2 Å². The molecule has 0 aliphatic rings. The third-order valence-corrected chi connectivity index (χ3v) is 3.00. The number of ether oxygens (including phenoxy) is 1. The van der Waals surface area contributed by atoms with Crippen LogP contribution in [0.3, 0.4) is 0 Å². The number of hydrogen-bond acceptors (Lipinski definition) is 4. The molecule has 0 amide bonds. The predicted octanol–water partition coefficient (Wildman–Crippen LogP) is 2.28. The van der Waals surface area contributed by atoms with Crippen LogP contribution in [0.25, 0.3) is 10.8 Å². The molecule has 19 heavy (non-hydrogen) atoms. The molecule has 0 spiro atoms. The summed E-state index contributed by atoms with van der Waals surface area (Å²) >= 11 is 0. The smallest absolute Gasteiger partial charge is 0.305 e. The van der Waals surface area contributed by atoms with Gasteiger partial charge in [0.25, 0.3) is 0 Å². The number of carbonyl (C=O) groups excluding carboxylic acids is 1. The van der Waals surface area contributed by atoms with Gasteiger partial charge in [0, 0.05) is 30.7 Å².